The highest BCUT2D eigenvalue weighted by atomic mass is 16.2. The Morgan fingerprint density at radius 1 is 1.11 bits per heavy atom. The second kappa shape index (κ2) is 7.27. The van der Waals surface area contributed by atoms with Crippen LogP contribution in [-0.2, 0) is 17.9 Å². The van der Waals surface area contributed by atoms with Crippen LogP contribution in [0.1, 0.15) is 30.0 Å². The fourth-order valence-electron chi connectivity index (χ4n) is 3.36. The first kappa shape index (κ1) is 17.3. The number of aromatic nitrogens is 2. The van der Waals surface area contributed by atoms with E-state index in [9.17, 15) is 9.59 Å². The van der Waals surface area contributed by atoms with E-state index in [0.717, 1.165) is 35.2 Å². The molecule has 4 rings (SSSR count). The van der Waals surface area contributed by atoms with Crippen molar-refractivity contribution in [2.45, 2.75) is 38.9 Å². The monoisotopic (exact) mass is 361 g/mol. The zero-order valence-electron chi connectivity index (χ0n) is 15.4. The first-order valence-corrected chi connectivity index (χ1v) is 9.31. The molecule has 2 aromatic carbocycles. The van der Waals surface area contributed by atoms with Crippen LogP contribution in [0.15, 0.2) is 65.6 Å². The number of amides is 1. The minimum atomic E-state index is -0.161. The van der Waals surface area contributed by atoms with E-state index in [4.69, 9.17) is 0 Å². The molecule has 1 aliphatic carbocycles. The average Bonchev–Trinajstić information content (AvgIpc) is 3.46. The number of aryl methyl sites for hydroxylation is 1. The Morgan fingerprint density at radius 3 is 2.59 bits per heavy atom. The molecule has 1 amide bonds. The summed E-state index contributed by atoms with van der Waals surface area (Å²) in [7, 11) is 0. The summed E-state index contributed by atoms with van der Waals surface area (Å²) in [5, 5.41) is 2.91. The smallest absolute Gasteiger partial charge is 0.329 e. The van der Waals surface area contributed by atoms with Crippen LogP contribution in [0.3, 0.4) is 0 Å². The van der Waals surface area contributed by atoms with Gasteiger partial charge in [0.15, 0.2) is 0 Å². The summed E-state index contributed by atoms with van der Waals surface area (Å²) in [6.45, 7) is 2.52. The lowest BCUT2D eigenvalue weighted by atomic mass is 10.1. The predicted octanol–water partition coefficient (Wildman–Crippen LogP) is 3.28. The van der Waals surface area contributed by atoms with Crippen LogP contribution in [0.5, 0.6) is 0 Å². The third-order valence-electron chi connectivity index (χ3n) is 4.86. The van der Waals surface area contributed by atoms with Crippen LogP contribution in [-0.4, -0.2) is 15.0 Å². The highest BCUT2D eigenvalue weighted by Gasteiger charge is 2.29. The molecule has 5 nitrogen and oxygen atoms in total. The highest BCUT2D eigenvalue weighted by molar-refractivity contribution is 5.76. The van der Waals surface area contributed by atoms with Gasteiger partial charge in [-0.1, -0.05) is 60.2 Å². The number of nitrogens with zero attached hydrogens (tertiary/aromatic N) is 2. The van der Waals surface area contributed by atoms with Gasteiger partial charge in [0.25, 0.3) is 0 Å². The van der Waals surface area contributed by atoms with E-state index in [-0.39, 0.29) is 24.2 Å². The molecule has 1 heterocycles. The summed E-state index contributed by atoms with van der Waals surface area (Å²) in [6, 6.07) is 18.2. The van der Waals surface area contributed by atoms with Gasteiger partial charge in [0, 0.05) is 18.8 Å². The second-order valence-electron chi connectivity index (χ2n) is 7.16. The van der Waals surface area contributed by atoms with Gasteiger partial charge in [-0.3, -0.25) is 13.9 Å². The molecule has 0 radical (unpaired) electrons. The van der Waals surface area contributed by atoms with E-state index < -0.39 is 0 Å². The minimum Gasteiger partial charge on any atom is -0.350 e. The summed E-state index contributed by atoms with van der Waals surface area (Å²) in [6.07, 6.45) is 3.84. The van der Waals surface area contributed by atoms with Gasteiger partial charge in [-0.05, 0) is 30.9 Å². The number of carbonyl (C=O) groups is 1. The number of hydrogen-bond acceptors (Lipinski definition) is 2. The quantitative estimate of drug-likeness (QED) is 0.733. The number of hydrogen-bond donors (Lipinski definition) is 1. The van der Waals surface area contributed by atoms with Crippen LogP contribution in [0.25, 0.3) is 11.3 Å². The number of nitrogens with one attached hydrogen (secondary N) is 1. The largest absolute Gasteiger partial charge is 0.350 e. The molecule has 0 saturated heterocycles. The van der Waals surface area contributed by atoms with Gasteiger partial charge in [-0.25, -0.2) is 4.79 Å². The van der Waals surface area contributed by atoms with E-state index in [0.29, 0.717) is 6.54 Å². The summed E-state index contributed by atoms with van der Waals surface area (Å²) < 4.78 is 3.36. The first-order valence-electron chi connectivity index (χ1n) is 9.31. The average molecular weight is 361 g/mol. The lowest BCUT2D eigenvalue weighted by Crippen LogP contribution is -2.32. The molecule has 27 heavy (non-hydrogen) atoms. The minimum absolute atomic E-state index is 0.0319. The maximum atomic E-state index is 12.8. The Bertz CT molecular complexity index is 1010. The van der Waals surface area contributed by atoms with E-state index in [1.165, 1.54) is 4.57 Å². The predicted molar refractivity (Wildman–Crippen MR) is 105 cm³/mol. The number of rotatable bonds is 6. The number of benzene rings is 2. The standard InChI is InChI=1S/C22H23N3O2/c1-16-6-5-7-17(12-16)13-23-21(26)15-24-14-20(18-8-3-2-4-9-18)25(22(24)27)19-10-11-19/h2-9,12,14,19H,10-11,13,15H2,1H3,(H,23,26). The fourth-order valence-corrected chi connectivity index (χ4v) is 3.36. The van der Waals surface area contributed by atoms with Gasteiger partial charge in [-0.15, -0.1) is 0 Å². The van der Waals surface area contributed by atoms with Gasteiger partial charge in [0.1, 0.15) is 6.54 Å². The second-order valence-corrected chi connectivity index (χ2v) is 7.16. The molecule has 5 heteroatoms. The lowest BCUT2D eigenvalue weighted by molar-refractivity contribution is -0.121. The maximum Gasteiger partial charge on any atom is 0.329 e. The molecule has 1 aliphatic rings. The fraction of sp³-hybridized carbons (Fsp3) is 0.273. The first-order chi connectivity index (χ1) is 13.1. The van der Waals surface area contributed by atoms with Crippen molar-refractivity contribution in [1.82, 2.24) is 14.5 Å². The van der Waals surface area contributed by atoms with E-state index in [1.54, 1.807) is 0 Å². The zero-order chi connectivity index (χ0) is 18.8. The topological polar surface area (TPSA) is 56.0 Å². The molecule has 0 unspecified atom stereocenters. The van der Waals surface area contributed by atoms with Gasteiger partial charge >= 0.3 is 5.69 Å². The molecule has 1 aromatic heterocycles. The normalized spacial score (nSPS) is 13.5. The Kier molecular flexibility index (Phi) is 4.67. The van der Waals surface area contributed by atoms with Crippen molar-refractivity contribution in [1.29, 1.82) is 0 Å². The van der Waals surface area contributed by atoms with Gasteiger partial charge in [0.2, 0.25) is 5.91 Å². The van der Waals surface area contributed by atoms with Crippen molar-refractivity contribution >= 4 is 5.91 Å². The van der Waals surface area contributed by atoms with Crippen molar-refractivity contribution in [3.05, 3.63) is 82.4 Å². The summed E-state index contributed by atoms with van der Waals surface area (Å²) in [4.78, 5) is 25.2. The van der Waals surface area contributed by atoms with Crippen LogP contribution < -0.4 is 11.0 Å². The molecule has 3 aromatic rings. The molecule has 0 aliphatic heterocycles. The third kappa shape index (κ3) is 3.87. The maximum absolute atomic E-state index is 12.8. The number of carbonyl (C=O) groups excluding carboxylic acids is 1. The van der Waals surface area contributed by atoms with Gasteiger partial charge in [-0.2, -0.15) is 0 Å². The van der Waals surface area contributed by atoms with E-state index >= 15 is 0 Å². The molecule has 138 valence electrons. The molecule has 0 atom stereocenters. The van der Waals surface area contributed by atoms with Crippen molar-refractivity contribution in [2.24, 2.45) is 0 Å². The Labute approximate surface area is 158 Å². The Hall–Kier alpha value is -3.08. The van der Waals surface area contributed by atoms with Crippen LogP contribution >= 0.6 is 0 Å². The van der Waals surface area contributed by atoms with Crippen LogP contribution in [0.4, 0.5) is 0 Å². The molecule has 1 fully saturated rings. The number of imidazole rings is 1. The summed E-state index contributed by atoms with van der Waals surface area (Å²) in [5.74, 6) is -0.161. The van der Waals surface area contributed by atoms with Gasteiger partial charge < -0.3 is 5.32 Å². The van der Waals surface area contributed by atoms with Crippen LogP contribution in [0, 0.1) is 6.92 Å². The Morgan fingerprint density at radius 2 is 1.89 bits per heavy atom. The van der Waals surface area contributed by atoms with Gasteiger partial charge in [0.05, 0.1) is 5.69 Å². The lowest BCUT2D eigenvalue weighted by Gasteiger charge is -2.06. The summed E-state index contributed by atoms with van der Waals surface area (Å²) in [5.41, 5.74) is 3.99. The van der Waals surface area contributed by atoms with E-state index in [2.05, 4.69) is 5.32 Å². The molecule has 0 spiro atoms. The molecule has 1 N–H and O–H groups in total. The highest BCUT2D eigenvalue weighted by Crippen LogP contribution is 2.37. The SMILES string of the molecule is Cc1cccc(CNC(=O)Cn2cc(-c3ccccc3)n(C3CC3)c2=O)c1. The van der Waals surface area contributed by atoms with E-state index in [1.807, 2.05) is 72.3 Å². The van der Waals surface area contributed by atoms with Crippen molar-refractivity contribution in [3.63, 3.8) is 0 Å². The Balaban J connectivity index is 1.52. The molecule has 0 bridgehead atoms. The zero-order valence-corrected chi connectivity index (χ0v) is 15.4. The molecular formula is C22H23N3O2. The molecular weight excluding hydrogens is 338 g/mol. The summed E-state index contributed by atoms with van der Waals surface area (Å²) >= 11 is 0. The molecule has 1 saturated carbocycles. The van der Waals surface area contributed by atoms with Crippen molar-refractivity contribution in [3.8, 4) is 11.3 Å². The third-order valence-corrected chi connectivity index (χ3v) is 4.86. The van der Waals surface area contributed by atoms with Crippen molar-refractivity contribution < 1.29 is 4.79 Å². The van der Waals surface area contributed by atoms with Crippen molar-refractivity contribution in [2.75, 3.05) is 0 Å². The van der Waals surface area contributed by atoms with Crippen LogP contribution in [0.2, 0.25) is 0 Å².